The van der Waals surface area contributed by atoms with Gasteiger partial charge in [-0.1, -0.05) is 18.2 Å². The molecule has 0 spiro atoms. The van der Waals surface area contributed by atoms with Gasteiger partial charge in [-0.2, -0.15) is 0 Å². The summed E-state index contributed by atoms with van der Waals surface area (Å²) in [4.78, 5) is 36.6. The van der Waals surface area contributed by atoms with Crippen LogP contribution in [0.25, 0.3) is 0 Å². The quantitative estimate of drug-likeness (QED) is 0.890. The fourth-order valence-corrected chi connectivity index (χ4v) is 2.83. The summed E-state index contributed by atoms with van der Waals surface area (Å²) in [5.74, 6) is 0.203. The monoisotopic (exact) mass is 369 g/mol. The van der Waals surface area contributed by atoms with Gasteiger partial charge in [-0.25, -0.2) is 14.8 Å². The molecule has 142 valence electrons. The van der Waals surface area contributed by atoms with Crippen molar-refractivity contribution in [2.75, 3.05) is 43.0 Å². The molecule has 0 bridgehead atoms. The second-order valence-electron chi connectivity index (χ2n) is 6.18. The van der Waals surface area contributed by atoms with Crippen molar-refractivity contribution in [3.8, 4) is 0 Å². The average molecular weight is 369 g/mol. The van der Waals surface area contributed by atoms with E-state index in [0.29, 0.717) is 44.4 Å². The largest absolute Gasteiger partial charge is 0.450 e. The lowest BCUT2D eigenvalue weighted by atomic mass is 10.2. The minimum absolute atomic E-state index is 0.280. The van der Waals surface area contributed by atoms with Crippen LogP contribution < -0.4 is 10.2 Å². The average Bonchev–Trinajstić information content (AvgIpc) is 2.70. The molecule has 0 unspecified atom stereocenters. The van der Waals surface area contributed by atoms with Crippen LogP contribution in [0.4, 0.5) is 16.4 Å². The zero-order valence-corrected chi connectivity index (χ0v) is 15.5. The highest BCUT2D eigenvalue weighted by atomic mass is 16.6. The van der Waals surface area contributed by atoms with Crippen LogP contribution in [0.3, 0.4) is 0 Å². The fraction of sp³-hybridized carbons (Fsp3) is 0.368. The lowest BCUT2D eigenvalue weighted by Crippen LogP contribution is -2.49. The van der Waals surface area contributed by atoms with E-state index in [2.05, 4.69) is 15.3 Å². The number of piperazine rings is 1. The fourth-order valence-electron chi connectivity index (χ4n) is 2.83. The first-order chi connectivity index (χ1) is 13.1. The molecule has 1 aromatic heterocycles. The molecule has 1 aliphatic rings. The molecule has 2 aromatic rings. The van der Waals surface area contributed by atoms with Crippen LogP contribution in [-0.4, -0.2) is 59.7 Å². The summed E-state index contributed by atoms with van der Waals surface area (Å²) >= 11 is 0. The number of rotatable bonds is 4. The summed E-state index contributed by atoms with van der Waals surface area (Å²) in [5, 5.41) is 2.88. The van der Waals surface area contributed by atoms with Gasteiger partial charge in [0.25, 0.3) is 5.91 Å². The second kappa shape index (κ2) is 8.48. The molecular weight excluding hydrogens is 346 g/mol. The molecule has 1 N–H and O–H groups in total. The molecule has 1 aliphatic heterocycles. The Hall–Kier alpha value is -3.16. The molecule has 2 amide bonds. The van der Waals surface area contributed by atoms with Crippen LogP contribution in [0.5, 0.6) is 0 Å². The number of para-hydroxylation sites is 1. The van der Waals surface area contributed by atoms with Gasteiger partial charge in [0.15, 0.2) is 0 Å². The number of amides is 2. The van der Waals surface area contributed by atoms with E-state index in [4.69, 9.17) is 4.74 Å². The smallest absolute Gasteiger partial charge is 0.409 e. The maximum Gasteiger partial charge on any atom is 0.409 e. The summed E-state index contributed by atoms with van der Waals surface area (Å²) in [5.41, 5.74) is 2.04. The number of ether oxygens (including phenoxy) is 1. The van der Waals surface area contributed by atoms with Crippen LogP contribution in [0, 0.1) is 6.92 Å². The minimum Gasteiger partial charge on any atom is -0.450 e. The van der Waals surface area contributed by atoms with E-state index in [1.165, 1.54) is 0 Å². The van der Waals surface area contributed by atoms with Crippen molar-refractivity contribution in [3.05, 3.63) is 47.8 Å². The van der Waals surface area contributed by atoms with Crippen LogP contribution in [0.1, 0.15) is 23.0 Å². The van der Waals surface area contributed by atoms with Gasteiger partial charge in [-0.15, -0.1) is 0 Å². The highest BCUT2D eigenvalue weighted by molar-refractivity contribution is 6.03. The summed E-state index contributed by atoms with van der Waals surface area (Å²) in [7, 11) is 0. The molecule has 3 rings (SSSR count). The maximum absolute atomic E-state index is 12.5. The molecule has 1 fully saturated rings. The number of anilines is 2. The highest BCUT2D eigenvalue weighted by Crippen LogP contribution is 2.16. The van der Waals surface area contributed by atoms with Crippen molar-refractivity contribution in [1.82, 2.24) is 14.9 Å². The maximum atomic E-state index is 12.5. The first kappa shape index (κ1) is 18.6. The van der Waals surface area contributed by atoms with E-state index in [1.54, 1.807) is 24.1 Å². The van der Waals surface area contributed by atoms with Crippen molar-refractivity contribution in [2.24, 2.45) is 0 Å². The number of hydrogen-bond acceptors (Lipinski definition) is 6. The van der Waals surface area contributed by atoms with Gasteiger partial charge < -0.3 is 19.9 Å². The van der Waals surface area contributed by atoms with Crippen LogP contribution in [-0.2, 0) is 4.74 Å². The van der Waals surface area contributed by atoms with Crippen LogP contribution in [0.2, 0.25) is 0 Å². The van der Waals surface area contributed by atoms with E-state index in [0.717, 1.165) is 11.3 Å². The van der Waals surface area contributed by atoms with Gasteiger partial charge in [-0.3, -0.25) is 4.79 Å². The van der Waals surface area contributed by atoms with Crippen LogP contribution >= 0.6 is 0 Å². The number of carbonyl (C=O) groups is 2. The molecule has 0 saturated carbocycles. The molecule has 0 radical (unpaired) electrons. The van der Waals surface area contributed by atoms with Gasteiger partial charge in [0.2, 0.25) is 5.95 Å². The molecule has 1 saturated heterocycles. The van der Waals surface area contributed by atoms with Gasteiger partial charge in [0, 0.05) is 38.1 Å². The summed E-state index contributed by atoms with van der Waals surface area (Å²) in [6.07, 6.45) is 1.27. The number of nitrogens with one attached hydrogen (secondary N) is 1. The number of hydrogen-bond donors (Lipinski definition) is 1. The number of aryl methyl sites for hydroxylation is 1. The van der Waals surface area contributed by atoms with Gasteiger partial charge in [0.05, 0.1) is 6.61 Å². The number of carbonyl (C=O) groups excluding carboxylic acids is 2. The predicted octanol–water partition coefficient (Wildman–Crippen LogP) is 2.32. The Bertz CT molecular complexity index is 818. The van der Waals surface area contributed by atoms with E-state index in [9.17, 15) is 9.59 Å². The van der Waals surface area contributed by atoms with Crippen molar-refractivity contribution in [3.63, 3.8) is 0 Å². The third-order valence-electron chi connectivity index (χ3n) is 4.36. The van der Waals surface area contributed by atoms with Gasteiger partial charge in [0.1, 0.15) is 5.69 Å². The molecule has 2 heterocycles. The zero-order chi connectivity index (χ0) is 19.2. The Morgan fingerprint density at radius 3 is 2.59 bits per heavy atom. The van der Waals surface area contributed by atoms with Crippen molar-refractivity contribution in [2.45, 2.75) is 13.8 Å². The van der Waals surface area contributed by atoms with Crippen molar-refractivity contribution in [1.29, 1.82) is 0 Å². The standard InChI is InChI=1S/C19H23N5O3/c1-3-27-19(26)24-12-10-23(11-13-24)18-20-9-8-16(22-18)17(25)21-15-7-5-4-6-14(15)2/h4-9H,3,10-13H2,1-2H3,(H,21,25). The van der Waals surface area contributed by atoms with E-state index < -0.39 is 0 Å². The zero-order valence-electron chi connectivity index (χ0n) is 15.5. The van der Waals surface area contributed by atoms with E-state index >= 15 is 0 Å². The van der Waals surface area contributed by atoms with E-state index in [-0.39, 0.29) is 12.0 Å². The Labute approximate surface area is 158 Å². The topological polar surface area (TPSA) is 87.7 Å². The third kappa shape index (κ3) is 4.52. The Morgan fingerprint density at radius 1 is 1.15 bits per heavy atom. The molecule has 8 nitrogen and oxygen atoms in total. The summed E-state index contributed by atoms with van der Waals surface area (Å²) in [6.45, 7) is 6.31. The SMILES string of the molecule is CCOC(=O)N1CCN(c2nccc(C(=O)Nc3ccccc3C)n2)CC1. The number of aromatic nitrogens is 2. The van der Waals surface area contributed by atoms with Crippen molar-refractivity contribution < 1.29 is 14.3 Å². The Balaban J connectivity index is 1.65. The predicted molar refractivity (Wildman–Crippen MR) is 102 cm³/mol. The third-order valence-corrected chi connectivity index (χ3v) is 4.36. The molecule has 27 heavy (non-hydrogen) atoms. The molecular formula is C19H23N5O3. The first-order valence-corrected chi connectivity index (χ1v) is 8.95. The lowest BCUT2D eigenvalue weighted by Gasteiger charge is -2.34. The molecule has 0 atom stereocenters. The number of nitrogens with zero attached hydrogens (tertiary/aromatic N) is 4. The molecule has 8 heteroatoms. The first-order valence-electron chi connectivity index (χ1n) is 8.95. The van der Waals surface area contributed by atoms with Gasteiger partial charge >= 0.3 is 6.09 Å². The Morgan fingerprint density at radius 2 is 1.89 bits per heavy atom. The van der Waals surface area contributed by atoms with Crippen LogP contribution in [0.15, 0.2) is 36.5 Å². The minimum atomic E-state index is -0.301. The molecule has 0 aliphatic carbocycles. The van der Waals surface area contributed by atoms with Crippen molar-refractivity contribution >= 4 is 23.6 Å². The van der Waals surface area contributed by atoms with Gasteiger partial charge in [-0.05, 0) is 31.5 Å². The van der Waals surface area contributed by atoms with E-state index in [1.807, 2.05) is 36.1 Å². The summed E-state index contributed by atoms with van der Waals surface area (Å²) < 4.78 is 5.02. The second-order valence-corrected chi connectivity index (χ2v) is 6.18. The summed E-state index contributed by atoms with van der Waals surface area (Å²) in [6, 6.07) is 9.17. The normalized spacial score (nSPS) is 14.0. The highest BCUT2D eigenvalue weighted by Gasteiger charge is 2.24. The lowest BCUT2D eigenvalue weighted by molar-refractivity contribution is 0.102. The number of benzene rings is 1. The Kier molecular flexibility index (Phi) is 5.85. The molecule has 1 aromatic carbocycles.